The average Bonchev–Trinajstić information content (AvgIpc) is 3.09. The Kier molecular flexibility index (Phi) is 5.35. The average molecular weight is 351 g/mol. The first-order valence-corrected chi connectivity index (χ1v) is 7.78. The summed E-state index contributed by atoms with van der Waals surface area (Å²) in [7, 11) is 2.48. The molecule has 24 heavy (non-hydrogen) atoms. The van der Waals surface area contributed by atoms with E-state index in [0.717, 1.165) is 16.9 Å². The van der Waals surface area contributed by atoms with E-state index in [1.54, 1.807) is 19.3 Å². The van der Waals surface area contributed by atoms with Crippen LogP contribution >= 0.6 is 11.3 Å². The number of amides is 1. The van der Waals surface area contributed by atoms with E-state index in [-0.39, 0.29) is 27.9 Å². The van der Waals surface area contributed by atoms with Crippen molar-refractivity contribution in [3.63, 3.8) is 0 Å². The molecule has 0 aliphatic heterocycles. The van der Waals surface area contributed by atoms with Crippen LogP contribution in [0.1, 0.15) is 31.2 Å². The van der Waals surface area contributed by atoms with Crippen LogP contribution in [0, 0.1) is 13.8 Å². The number of nitrogens with one attached hydrogen (secondary N) is 1. The van der Waals surface area contributed by atoms with Gasteiger partial charge < -0.3 is 14.8 Å². The van der Waals surface area contributed by atoms with Gasteiger partial charge in [0.2, 0.25) is 5.91 Å². The van der Waals surface area contributed by atoms with Gasteiger partial charge in [-0.25, -0.2) is 9.59 Å². The van der Waals surface area contributed by atoms with Crippen molar-refractivity contribution in [3.8, 4) is 0 Å². The molecule has 128 valence electrons. The van der Waals surface area contributed by atoms with Crippen molar-refractivity contribution < 1.29 is 23.9 Å². The molecule has 8 nitrogen and oxygen atoms in total. The standard InChI is InChI=1S/C15H17N3O5S/c1-8-5-16-18(6-8)7-10(19)17-13-11(14(20)22-3)9(2)12(24-13)15(21)23-4/h5-6H,7H2,1-4H3,(H,17,19). The fourth-order valence-corrected chi connectivity index (χ4v) is 3.23. The van der Waals surface area contributed by atoms with Crippen LogP contribution in [-0.2, 0) is 20.8 Å². The number of hydrogen-bond donors (Lipinski definition) is 1. The second-order valence-corrected chi connectivity index (χ2v) is 6.03. The molecule has 9 heteroatoms. The van der Waals surface area contributed by atoms with Gasteiger partial charge in [-0.1, -0.05) is 0 Å². The third kappa shape index (κ3) is 3.62. The third-order valence-corrected chi connectivity index (χ3v) is 4.42. The maximum atomic E-state index is 12.2. The molecule has 0 saturated carbocycles. The van der Waals surface area contributed by atoms with Crippen LogP contribution in [0.2, 0.25) is 0 Å². The number of thiophene rings is 1. The van der Waals surface area contributed by atoms with E-state index in [4.69, 9.17) is 9.47 Å². The van der Waals surface area contributed by atoms with Crippen molar-refractivity contribution in [2.75, 3.05) is 19.5 Å². The SMILES string of the molecule is COC(=O)c1sc(NC(=O)Cn2cc(C)cn2)c(C(=O)OC)c1C. The Morgan fingerprint density at radius 1 is 1.21 bits per heavy atom. The molecule has 0 aliphatic carbocycles. The van der Waals surface area contributed by atoms with E-state index in [1.165, 1.54) is 18.9 Å². The van der Waals surface area contributed by atoms with E-state index in [0.29, 0.717) is 5.56 Å². The number of carbonyl (C=O) groups excluding carboxylic acids is 3. The number of anilines is 1. The molecule has 0 atom stereocenters. The van der Waals surface area contributed by atoms with E-state index in [9.17, 15) is 14.4 Å². The summed E-state index contributed by atoms with van der Waals surface area (Å²) < 4.78 is 10.9. The first-order valence-electron chi connectivity index (χ1n) is 6.96. The Hall–Kier alpha value is -2.68. The third-order valence-electron chi connectivity index (χ3n) is 3.23. The van der Waals surface area contributed by atoms with Crippen molar-refractivity contribution in [1.29, 1.82) is 0 Å². The predicted octanol–water partition coefficient (Wildman–Crippen LogP) is 1.77. The van der Waals surface area contributed by atoms with Crippen LogP contribution in [0.5, 0.6) is 0 Å². The maximum absolute atomic E-state index is 12.2. The number of hydrogen-bond acceptors (Lipinski definition) is 7. The van der Waals surface area contributed by atoms with Crippen LogP contribution in [-0.4, -0.2) is 41.8 Å². The molecule has 1 N–H and O–H groups in total. The van der Waals surface area contributed by atoms with Gasteiger partial charge in [-0.2, -0.15) is 5.10 Å². The number of nitrogens with zero attached hydrogens (tertiary/aromatic N) is 2. The van der Waals surface area contributed by atoms with Gasteiger partial charge in [-0.3, -0.25) is 9.48 Å². The summed E-state index contributed by atoms with van der Waals surface area (Å²) in [5, 5.41) is 6.91. The van der Waals surface area contributed by atoms with Crippen molar-refractivity contribution in [2.45, 2.75) is 20.4 Å². The number of ether oxygens (including phenoxy) is 2. The molecule has 0 saturated heterocycles. The van der Waals surface area contributed by atoms with Gasteiger partial charge in [0.1, 0.15) is 16.4 Å². The molecule has 0 radical (unpaired) electrons. The minimum Gasteiger partial charge on any atom is -0.465 e. The lowest BCUT2D eigenvalue weighted by atomic mass is 10.1. The first-order chi connectivity index (χ1) is 11.4. The molecule has 2 heterocycles. The van der Waals surface area contributed by atoms with Gasteiger partial charge in [-0.15, -0.1) is 11.3 Å². The van der Waals surface area contributed by atoms with Crippen LogP contribution in [0.4, 0.5) is 5.00 Å². The second-order valence-electron chi connectivity index (χ2n) is 5.01. The minimum atomic E-state index is -0.635. The van der Waals surface area contributed by atoms with E-state index in [1.807, 2.05) is 6.92 Å². The highest BCUT2D eigenvalue weighted by Crippen LogP contribution is 2.34. The molecule has 0 aromatic carbocycles. The van der Waals surface area contributed by atoms with Gasteiger partial charge in [0.15, 0.2) is 0 Å². The summed E-state index contributed by atoms with van der Waals surface area (Å²) in [6.07, 6.45) is 3.36. The monoisotopic (exact) mass is 351 g/mol. The maximum Gasteiger partial charge on any atom is 0.348 e. The molecule has 1 amide bonds. The summed E-state index contributed by atoms with van der Waals surface area (Å²) in [6.45, 7) is 3.45. The summed E-state index contributed by atoms with van der Waals surface area (Å²) >= 11 is 0.970. The molecular weight excluding hydrogens is 334 g/mol. The van der Waals surface area contributed by atoms with Crippen LogP contribution in [0.25, 0.3) is 0 Å². The summed E-state index contributed by atoms with van der Waals surface area (Å²) in [6, 6.07) is 0. The Morgan fingerprint density at radius 2 is 1.88 bits per heavy atom. The van der Waals surface area contributed by atoms with Gasteiger partial charge in [0.25, 0.3) is 0 Å². The van der Waals surface area contributed by atoms with Crippen molar-refractivity contribution in [1.82, 2.24) is 9.78 Å². The lowest BCUT2D eigenvalue weighted by Gasteiger charge is -2.06. The molecule has 0 spiro atoms. The molecule has 2 rings (SSSR count). The van der Waals surface area contributed by atoms with E-state index < -0.39 is 11.9 Å². The fourth-order valence-electron chi connectivity index (χ4n) is 2.10. The number of esters is 2. The Morgan fingerprint density at radius 3 is 2.42 bits per heavy atom. The van der Waals surface area contributed by atoms with Crippen LogP contribution in [0.15, 0.2) is 12.4 Å². The Bertz CT molecular complexity index is 793. The van der Waals surface area contributed by atoms with Gasteiger partial charge in [0.05, 0.1) is 26.0 Å². The Balaban J connectivity index is 2.29. The minimum absolute atomic E-state index is 0.0149. The van der Waals surface area contributed by atoms with E-state index in [2.05, 4.69) is 10.4 Å². The van der Waals surface area contributed by atoms with Gasteiger partial charge in [-0.05, 0) is 25.0 Å². The lowest BCUT2D eigenvalue weighted by Crippen LogP contribution is -2.20. The van der Waals surface area contributed by atoms with Gasteiger partial charge in [0, 0.05) is 6.20 Å². The predicted molar refractivity (Wildman–Crippen MR) is 87.3 cm³/mol. The summed E-state index contributed by atoms with van der Waals surface area (Å²) in [5.41, 5.74) is 1.48. The zero-order valence-corrected chi connectivity index (χ0v) is 14.5. The van der Waals surface area contributed by atoms with Crippen molar-refractivity contribution >= 4 is 34.2 Å². The smallest absolute Gasteiger partial charge is 0.348 e. The highest BCUT2D eigenvalue weighted by atomic mass is 32.1. The normalized spacial score (nSPS) is 10.3. The lowest BCUT2D eigenvalue weighted by molar-refractivity contribution is -0.116. The number of aromatic nitrogens is 2. The zero-order chi connectivity index (χ0) is 17.9. The van der Waals surface area contributed by atoms with Crippen molar-refractivity contribution in [3.05, 3.63) is 34.0 Å². The summed E-state index contributed by atoms with van der Waals surface area (Å²) in [5.74, 6) is -1.59. The van der Waals surface area contributed by atoms with Crippen LogP contribution < -0.4 is 5.32 Å². The molecule has 0 unspecified atom stereocenters. The number of methoxy groups -OCH3 is 2. The molecule has 0 bridgehead atoms. The van der Waals surface area contributed by atoms with Gasteiger partial charge >= 0.3 is 11.9 Å². The molecular formula is C15H17N3O5S. The largest absolute Gasteiger partial charge is 0.465 e. The molecule has 2 aromatic heterocycles. The topological polar surface area (TPSA) is 99.5 Å². The highest BCUT2D eigenvalue weighted by molar-refractivity contribution is 7.18. The Labute approximate surface area is 142 Å². The fraction of sp³-hybridized carbons (Fsp3) is 0.333. The summed E-state index contributed by atoms with van der Waals surface area (Å²) in [4.78, 5) is 36.2. The number of rotatable bonds is 5. The number of carbonyl (C=O) groups is 3. The molecule has 2 aromatic rings. The van der Waals surface area contributed by atoms with E-state index >= 15 is 0 Å². The van der Waals surface area contributed by atoms with Crippen LogP contribution in [0.3, 0.4) is 0 Å². The highest BCUT2D eigenvalue weighted by Gasteiger charge is 2.26. The molecule has 0 fully saturated rings. The zero-order valence-electron chi connectivity index (χ0n) is 13.7. The second kappa shape index (κ2) is 7.26. The van der Waals surface area contributed by atoms with Crippen molar-refractivity contribution in [2.24, 2.45) is 0 Å². The first kappa shape index (κ1) is 17.7. The quantitative estimate of drug-likeness (QED) is 0.824. The molecule has 0 aliphatic rings. The number of aryl methyl sites for hydroxylation is 1.